The summed E-state index contributed by atoms with van der Waals surface area (Å²) in [6.45, 7) is 0. The fourth-order valence-electron chi connectivity index (χ4n) is 0.792. The molecule has 0 aliphatic carbocycles. The molecule has 0 N–H and O–H groups in total. The van der Waals surface area contributed by atoms with Crippen LogP contribution in [0.5, 0.6) is 5.75 Å². The molecule has 1 aromatic rings. The number of rotatable bonds is 2. The largest absolute Gasteiger partial charge is 0.758 e. The van der Waals surface area contributed by atoms with Crippen LogP contribution in [0.2, 0.25) is 0 Å². The van der Waals surface area contributed by atoms with E-state index in [0.717, 1.165) is 10.8 Å². The van der Waals surface area contributed by atoms with Gasteiger partial charge in [0.2, 0.25) is 0 Å². The van der Waals surface area contributed by atoms with Crippen molar-refractivity contribution in [1.82, 2.24) is 0 Å². The Morgan fingerprint density at radius 1 is 1.27 bits per heavy atom. The molecule has 0 aliphatic heterocycles. The lowest BCUT2D eigenvalue weighted by Gasteiger charge is -2.24. The molecule has 0 aromatic heterocycles. The molecule has 1 rings (SSSR count). The predicted octanol–water partition coefficient (Wildman–Crippen LogP) is 1.63. The summed E-state index contributed by atoms with van der Waals surface area (Å²) in [5.74, 6) is 0.760. The van der Waals surface area contributed by atoms with Gasteiger partial charge >= 0.3 is 0 Å². The zero-order chi connectivity index (χ0) is 8.27. The van der Waals surface area contributed by atoms with Crippen LogP contribution in [0.15, 0.2) is 24.3 Å². The van der Waals surface area contributed by atoms with Gasteiger partial charge in [-0.1, -0.05) is 0 Å². The van der Waals surface area contributed by atoms with E-state index in [9.17, 15) is 5.21 Å². The number of hydrogen-bond donors (Lipinski definition) is 0. The Bertz CT molecular complexity index is 218. The van der Waals surface area contributed by atoms with Gasteiger partial charge < -0.3 is 15.0 Å². The third-order valence-corrected chi connectivity index (χ3v) is 1.44. The van der Waals surface area contributed by atoms with Crippen molar-refractivity contribution in [2.45, 2.75) is 0 Å². The Kier molecular flexibility index (Phi) is 2.33. The third-order valence-electron chi connectivity index (χ3n) is 1.44. The molecular formula is C8H10NO2-. The molecule has 60 valence electrons. The molecule has 0 saturated heterocycles. The molecule has 0 fully saturated rings. The number of hydrogen-bond acceptors (Lipinski definition) is 3. The van der Waals surface area contributed by atoms with Crippen LogP contribution in [-0.2, 0) is 0 Å². The maximum absolute atomic E-state index is 10.7. The van der Waals surface area contributed by atoms with Crippen molar-refractivity contribution in [2.24, 2.45) is 0 Å². The van der Waals surface area contributed by atoms with E-state index in [-0.39, 0.29) is 0 Å². The zero-order valence-electron chi connectivity index (χ0n) is 6.57. The first-order valence-corrected chi connectivity index (χ1v) is 3.29. The van der Waals surface area contributed by atoms with Crippen molar-refractivity contribution < 1.29 is 4.74 Å². The molecule has 11 heavy (non-hydrogen) atoms. The van der Waals surface area contributed by atoms with Crippen LogP contribution in [-0.4, -0.2) is 14.2 Å². The third kappa shape index (κ3) is 1.85. The van der Waals surface area contributed by atoms with Gasteiger partial charge in [0.15, 0.2) is 0 Å². The van der Waals surface area contributed by atoms with Crippen molar-refractivity contribution in [3.8, 4) is 5.75 Å². The Balaban J connectivity index is 2.83. The normalized spacial score (nSPS) is 9.36. The van der Waals surface area contributed by atoms with Gasteiger partial charge in [0.05, 0.1) is 7.11 Å². The summed E-state index contributed by atoms with van der Waals surface area (Å²) in [4.78, 5) is 0. The first kappa shape index (κ1) is 7.88. The highest BCUT2D eigenvalue weighted by atomic mass is 16.5. The maximum Gasteiger partial charge on any atom is 0.119 e. The maximum atomic E-state index is 10.7. The van der Waals surface area contributed by atoms with E-state index in [4.69, 9.17) is 4.74 Å². The average Bonchev–Trinajstić information content (AvgIpc) is 2.05. The van der Waals surface area contributed by atoms with E-state index in [0.29, 0.717) is 5.69 Å². The van der Waals surface area contributed by atoms with Gasteiger partial charge in [-0.25, -0.2) is 0 Å². The molecule has 0 heterocycles. The number of nitrogens with zero attached hydrogens (tertiary/aromatic N) is 1. The van der Waals surface area contributed by atoms with E-state index in [1.807, 2.05) is 0 Å². The predicted molar refractivity (Wildman–Crippen MR) is 44.8 cm³/mol. The van der Waals surface area contributed by atoms with Crippen LogP contribution in [0.1, 0.15) is 0 Å². The number of methoxy groups -OCH3 is 1. The first-order valence-electron chi connectivity index (χ1n) is 3.29. The second-order valence-corrected chi connectivity index (χ2v) is 2.20. The standard InChI is InChI=1S/C8H10NO2/c1-9(10)7-3-5-8(11-2)6-4-7/h3-6H,1-2H3/q-1. The summed E-state index contributed by atoms with van der Waals surface area (Å²) < 4.78 is 4.93. The van der Waals surface area contributed by atoms with Crippen molar-refractivity contribution >= 4 is 5.69 Å². The van der Waals surface area contributed by atoms with Crippen LogP contribution < -0.4 is 9.80 Å². The second kappa shape index (κ2) is 3.25. The van der Waals surface area contributed by atoms with Gasteiger partial charge in [0.25, 0.3) is 0 Å². The lowest BCUT2D eigenvalue weighted by Crippen LogP contribution is -2.04. The summed E-state index contributed by atoms with van der Waals surface area (Å²) in [7, 11) is 3.05. The van der Waals surface area contributed by atoms with Gasteiger partial charge in [-0.05, 0) is 31.3 Å². The van der Waals surface area contributed by atoms with Crippen LogP contribution in [0.25, 0.3) is 0 Å². The van der Waals surface area contributed by atoms with Crippen molar-refractivity contribution in [3.05, 3.63) is 29.5 Å². The fraction of sp³-hybridized carbons (Fsp3) is 0.250. The minimum atomic E-state index is 0.630. The van der Waals surface area contributed by atoms with Crippen molar-refractivity contribution in [1.29, 1.82) is 0 Å². The van der Waals surface area contributed by atoms with E-state index >= 15 is 0 Å². The Labute approximate surface area is 65.8 Å². The van der Waals surface area contributed by atoms with Crippen LogP contribution in [0, 0.1) is 5.21 Å². The summed E-state index contributed by atoms with van der Waals surface area (Å²) in [6, 6.07) is 6.94. The van der Waals surface area contributed by atoms with Crippen LogP contribution in [0.4, 0.5) is 5.69 Å². The molecular weight excluding hydrogens is 142 g/mol. The van der Waals surface area contributed by atoms with E-state index < -0.39 is 0 Å². The van der Waals surface area contributed by atoms with E-state index in [1.165, 1.54) is 7.05 Å². The molecule has 0 radical (unpaired) electrons. The van der Waals surface area contributed by atoms with Crippen molar-refractivity contribution in [2.75, 3.05) is 19.2 Å². The lowest BCUT2D eigenvalue weighted by atomic mass is 10.3. The smallest absolute Gasteiger partial charge is 0.119 e. The summed E-state index contributed by atoms with van der Waals surface area (Å²) in [6.07, 6.45) is 0. The molecule has 0 aliphatic rings. The van der Waals surface area contributed by atoms with Crippen LogP contribution >= 0.6 is 0 Å². The van der Waals surface area contributed by atoms with Gasteiger partial charge in [-0.3, -0.25) is 0 Å². The first-order chi connectivity index (χ1) is 5.24. The van der Waals surface area contributed by atoms with Gasteiger partial charge in [0.1, 0.15) is 5.75 Å². The molecule has 0 unspecified atom stereocenters. The topological polar surface area (TPSA) is 35.5 Å². The minimum Gasteiger partial charge on any atom is -0.758 e. The summed E-state index contributed by atoms with van der Waals surface area (Å²) in [5, 5.41) is 11.5. The molecule has 0 atom stereocenters. The Hall–Kier alpha value is -1.22. The molecule has 0 bridgehead atoms. The molecule has 1 aromatic carbocycles. The Morgan fingerprint density at radius 3 is 2.18 bits per heavy atom. The molecule has 0 amide bonds. The van der Waals surface area contributed by atoms with E-state index in [1.54, 1.807) is 31.4 Å². The summed E-state index contributed by atoms with van der Waals surface area (Å²) in [5.41, 5.74) is 0.630. The highest BCUT2D eigenvalue weighted by Gasteiger charge is 1.90. The number of hydroxylamine groups is 1. The SMILES string of the molecule is COc1ccc(N(C)[O-])cc1. The number of anilines is 1. The average molecular weight is 152 g/mol. The molecule has 0 spiro atoms. The van der Waals surface area contributed by atoms with Crippen LogP contribution in [0.3, 0.4) is 0 Å². The number of ether oxygens (including phenoxy) is 1. The van der Waals surface area contributed by atoms with Gasteiger partial charge in [-0.15, -0.1) is 0 Å². The lowest BCUT2D eigenvalue weighted by molar-refractivity contribution is 0.415. The molecule has 0 saturated carbocycles. The quantitative estimate of drug-likeness (QED) is 0.604. The highest BCUT2D eigenvalue weighted by Crippen LogP contribution is 2.16. The van der Waals surface area contributed by atoms with Gasteiger partial charge in [-0.2, -0.15) is 0 Å². The monoisotopic (exact) mass is 152 g/mol. The number of benzene rings is 1. The fourth-order valence-corrected chi connectivity index (χ4v) is 0.792. The van der Waals surface area contributed by atoms with Crippen molar-refractivity contribution in [3.63, 3.8) is 0 Å². The second-order valence-electron chi connectivity index (χ2n) is 2.20. The summed E-state index contributed by atoms with van der Waals surface area (Å²) >= 11 is 0. The van der Waals surface area contributed by atoms with Gasteiger partial charge in [0, 0.05) is 5.69 Å². The zero-order valence-corrected chi connectivity index (χ0v) is 6.57. The highest BCUT2D eigenvalue weighted by molar-refractivity contribution is 5.48. The Morgan fingerprint density at radius 2 is 1.82 bits per heavy atom. The van der Waals surface area contributed by atoms with E-state index in [2.05, 4.69) is 0 Å². The molecule has 3 nitrogen and oxygen atoms in total. The minimum absolute atomic E-state index is 0.630. The molecule has 3 heteroatoms.